The molecule has 0 amide bonds. The second-order valence-electron chi connectivity index (χ2n) is 5.56. The molecule has 0 radical (unpaired) electrons. The van der Waals surface area contributed by atoms with Crippen LogP contribution in [0.5, 0.6) is 0 Å². The van der Waals surface area contributed by atoms with Gasteiger partial charge in [-0.25, -0.2) is 8.42 Å². The second kappa shape index (κ2) is 5.85. The molecule has 0 saturated carbocycles. The fourth-order valence-corrected chi connectivity index (χ4v) is 3.80. The normalized spacial score (nSPS) is 17.9. The third-order valence-electron chi connectivity index (χ3n) is 3.90. The molecule has 2 aromatic rings. The predicted molar refractivity (Wildman–Crippen MR) is 78.5 cm³/mol. The Hall–Kier alpha value is -1.67. The molecule has 120 valence electrons. The van der Waals surface area contributed by atoms with E-state index in [0.717, 1.165) is 12.8 Å². The van der Waals surface area contributed by atoms with Gasteiger partial charge in [0.1, 0.15) is 0 Å². The molecule has 1 aliphatic heterocycles. The number of sulfonamides is 1. The summed E-state index contributed by atoms with van der Waals surface area (Å²) in [6.45, 7) is 5.09. The average Bonchev–Trinajstić information content (AvgIpc) is 3.16. The van der Waals surface area contributed by atoms with Gasteiger partial charge in [0.05, 0.1) is 0 Å². The van der Waals surface area contributed by atoms with E-state index >= 15 is 0 Å². The summed E-state index contributed by atoms with van der Waals surface area (Å²) in [4.78, 5) is 0. The summed E-state index contributed by atoms with van der Waals surface area (Å²) < 4.78 is 37.4. The Morgan fingerprint density at radius 3 is 2.59 bits per heavy atom. The first kappa shape index (κ1) is 15.2. The number of hydrogen-bond donors (Lipinski definition) is 0. The van der Waals surface area contributed by atoms with E-state index in [0.29, 0.717) is 31.3 Å². The Balaban J connectivity index is 1.83. The summed E-state index contributed by atoms with van der Waals surface area (Å²) in [5.41, 5.74) is 0. The lowest BCUT2D eigenvalue weighted by molar-refractivity contribution is 0.281. The van der Waals surface area contributed by atoms with Crippen LogP contribution in [0.1, 0.15) is 32.6 Å². The van der Waals surface area contributed by atoms with Crippen molar-refractivity contribution in [1.29, 1.82) is 0 Å². The lowest BCUT2D eigenvalue weighted by atomic mass is 10.0. The highest BCUT2D eigenvalue weighted by Gasteiger charge is 2.31. The summed E-state index contributed by atoms with van der Waals surface area (Å²) in [5.74, 6) is 1.52. The minimum atomic E-state index is -3.59. The van der Waals surface area contributed by atoms with Crippen molar-refractivity contribution in [2.24, 2.45) is 5.92 Å². The van der Waals surface area contributed by atoms with Gasteiger partial charge in [-0.1, -0.05) is 13.8 Å². The van der Waals surface area contributed by atoms with Crippen molar-refractivity contribution in [1.82, 2.24) is 14.5 Å². The van der Waals surface area contributed by atoms with Crippen molar-refractivity contribution in [2.75, 3.05) is 13.1 Å². The molecule has 0 atom stereocenters. The number of hydrogen-bond acceptors (Lipinski definition) is 6. The molecule has 22 heavy (non-hydrogen) atoms. The van der Waals surface area contributed by atoms with Crippen LogP contribution in [0.4, 0.5) is 0 Å². The van der Waals surface area contributed by atoms with E-state index < -0.39 is 10.0 Å². The number of piperidine rings is 1. The van der Waals surface area contributed by atoms with Crippen LogP contribution in [0.25, 0.3) is 11.7 Å². The Bertz CT molecular complexity index is 742. The highest BCUT2D eigenvalue weighted by Crippen LogP contribution is 2.28. The molecule has 1 fully saturated rings. The molecule has 2 aromatic heterocycles. The lowest BCUT2D eigenvalue weighted by Gasteiger charge is -2.28. The van der Waals surface area contributed by atoms with Crippen LogP contribution in [-0.4, -0.2) is 36.0 Å². The molecule has 0 N–H and O–H groups in total. The van der Waals surface area contributed by atoms with Crippen molar-refractivity contribution in [2.45, 2.75) is 38.2 Å². The summed E-state index contributed by atoms with van der Waals surface area (Å²) in [5, 5.41) is 7.62. The number of aromatic nitrogens is 2. The van der Waals surface area contributed by atoms with Crippen molar-refractivity contribution in [3.05, 3.63) is 18.0 Å². The first-order valence-corrected chi connectivity index (χ1v) is 8.87. The molecule has 3 rings (SSSR count). The molecule has 1 saturated heterocycles. The molecule has 3 heterocycles. The van der Waals surface area contributed by atoms with Gasteiger partial charge in [0.2, 0.25) is 11.0 Å². The van der Waals surface area contributed by atoms with Crippen LogP contribution in [0.3, 0.4) is 0 Å². The smallest absolute Gasteiger partial charge is 0.283 e. The summed E-state index contributed by atoms with van der Waals surface area (Å²) in [6, 6.07) is 2.99. The van der Waals surface area contributed by atoms with Crippen LogP contribution in [0.15, 0.2) is 26.1 Å². The van der Waals surface area contributed by atoms with Gasteiger partial charge < -0.3 is 8.83 Å². The van der Waals surface area contributed by atoms with Crippen molar-refractivity contribution in [3.8, 4) is 11.7 Å². The topological polar surface area (TPSA) is 89.4 Å². The predicted octanol–water partition coefficient (Wildman–Crippen LogP) is 2.31. The van der Waals surface area contributed by atoms with Gasteiger partial charge in [-0.05, 0) is 30.9 Å². The van der Waals surface area contributed by atoms with Gasteiger partial charge in [-0.2, -0.15) is 4.31 Å². The molecule has 1 aliphatic rings. The average molecular weight is 325 g/mol. The molecule has 0 bridgehead atoms. The van der Waals surface area contributed by atoms with Crippen LogP contribution in [0.2, 0.25) is 0 Å². The Morgan fingerprint density at radius 2 is 1.95 bits per heavy atom. The summed E-state index contributed by atoms with van der Waals surface area (Å²) in [6.07, 6.45) is 2.36. The van der Waals surface area contributed by atoms with Gasteiger partial charge in [0, 0.05) is 19.5 Å². The van der Waals surface area contributed by atoms with E-state index in [2.05, 4.69) is 17.1 Å². The van der Waals surface area contributed by atoms with E-state index in [9.17, 15) is 8.42 Å². The number of rotatable bonds is 4. The third-order valence-corrected chi connectivity index (χ3v) is 5.67. The highest BCUT2D eigenvalue weighted by atomic mass is 32.2. The fourth-order valence-electron chi connectivity index (χ4n) is 2.42. The Kier molecular flexibility index (Phi) is 4.05. The lowest BCUT2D eigenvalue weighted by Crippen LogP contribution is -2.37. The first-order valence-electron chi connectivity index (χ1n) is 7.43. The zero-order valence-corrected chi connectivity index (χ0v) is 13.5. The molecular formula is C14H19N3O4S. The highest BCUT2D eigenvalue weighted by molar-refractivity contribution is 7.89. The molecule has 0 spiro atoms. The van der Waals surface area contributed by atoms with Gasteiger partial charge in [-0.3, -0.25) is 0 Å². The first-order chi connectivity index (χ1) is 10.5. The maximum atomic E-state index is 12.6. The van der Waals surface area contributed by atoms with Gasteiger partial charge in [-0.15, -0.1) is 10.2 Å². The van der Waals surface area contributed by atoms with Gasteiger partial charge >= 0.3 is 0 Å². The van der Waals surface area contributed by atoms with Crippen LogP contribution < -0.4 is 0 Å². The summed E-state index contributed by atoms with van der Waals surface area (Å²) in [7, 11) is -3.59. The third kappa shape index (κ3) is 2.80. The Morgan fingerprint density at radius 1 is 1.23 bits per heavy atom. The maximum absolute atomic E-state index is 12.6. The minimum Gasteiger partial charge on any atom is -0.438 e. The maximum Gasteiger partial charge on any atom is 0.283 e. The van der Waals surface area contributed by atoms with E-state index in [1.807, 2.05) is 6.92 Å². The monoisotopic (exact) mass is 325 g/mol. The van der Waals surface area contributed by atoms with Crippen molar-refractivity contribution >= 4 is 10.0 Å². The standard InChI is InChI=1S/C14H19N3O4S/c1-3-12-15-16-14(21-12)11-4-5-13(20-11)22(18,19)17-8-6-10(2)7-9-17/h4-5,10H,3,6-9H2,1-2H3. The van der Waals surface area contributed by atoms with E-state index in [4.69, 9.17) is 8.83 Å². The molecule has 7 nitrogen and oxygen atoms in total. The van der Waals surface area contributed by atoms with Gasteiger partial charge in [0.15, 0.2) is 5.76 Å². The molecule has 0 aromatic carbocycles. The molecule has 8 heteroatoms. The number of nitrogens with zero attached hydrogens (tertiary/aromatic N) is 3. The van der Waals surface area contributed by atoms with Crippen LogP contribution >= 0.6 is 0 Å². The quantitative estimate of drug-likeness (QED) is 0.857. The van der Waals surface area contributed by atoms with E-state index in [-0.39, 0.29) is 16.7 Å². The van der Waals surface area contributed by atoms with Gasteiger partial charge in [0.25, 0.3) is 15.9 Å². The van der Waals surface area contributed by atoms with Crippen LogP contribution in [-0.2, 0) is 16.4 Å². The van der Waals surface area contributed by atoms with E-state index in [1.165, 1.54) is 10.4 Å². The molecule has 0 aliphatic carbocycles. The second-order valence-corrected chi connectivity index (χ2v) is 7.43. The summed E-state index contributed by atoms with van der Waals surface area (Å²) >= 11 is 0. The van der Waals surface area contributed by atoms with Crippen molar-refractivity contribution < 1.29 is 17.3 Å². The largest absolute Gasteiger partial charge is 0.438 e. The zero-order valence-electron chi connectivity index (χ0n) is 12.7. The number of furan rings is 1. The zero-order chi connectivity index (χ0) is 15.7. The molecule has 0 unspecified atom stereocenters. The van der Waals surface area contributed by atoms with Crippen LogP contribution in [0, 0.1) is 5.92 Å². The minimum absolute atomic E-state index is 0.0756. The SMILES string of the molecule is CCc1nnc(-c2ccc(S(=O)(=O)N3CCC(C)CC3)o2)o1. The van der Waals surface area contributed by atoms with Crippen molar-refractivity contribution in [3.63, 3.8) is 0 Å². The number of aryl methyl sites for hydroxylation is 1. The van der Waals surface area contributed by atoms with E-state index in [1.54, 1.807) is 6.07 Å². The molecular weight excluding hydrogens is 306 g/mol. The fraction of sp³-hybridized carbons (Fsp3) is 0.571. The Labute approximate surface area is 129 Å².